The summed E-state index contributed by atoms with van der Waals surface area (Å²) in [6, 6.07) is 13.2. The molecular formula is C24H30N4O3. The first kappa shape index (κ1) is 21.2. The lowest BCUT2D eigenvalue weighted by Crippen LogP contribution is -2.45. The van der Waals surface area contributed by atoms with E-state index >= 15 is 0 Å². The first-order valence-electron chi connectivity index (χ1n) is 11.2. The summed E-state index contributed by atoms with van der Waals surface area (Å²) in [7, 11) is 0. The Labute approximate surface area is 183 Å². The third kappa shape index (κ3) is 5.96. The second kappa shape index (κ2) is 10.3. The molecule has 0 bridgehead atoms. The average molecular weight is 423 g/mol. The maximum atomic E-state index is 12.5. The minimum Gasteiger partial charge on any atom is -0.474 e. The SMILES string of the molecule is O=C(Nc1ccccc1)C1CCN(C(=O)NCc2ccc(OC3CCCC3)nc2)CC1. The van der Waals surface area contributed by atoms with Crippen LogP contribution < -0.4 is 15.4 Å². The fourth-order valence-electron chi connectivity index (χ4n) is 4.16. The molecule has 0 radical (unpaired) electrons. The van der Waals surface area contributed by atoms with Crippen molar-refractivity contribution in [1.29, 1.82) is 0 Å². The largest absolute Gasteiger partial charge is 0.474 e. The predicted molar refractivity (Wildman–Crippen MR) is 119 cm³/mol. The van der Waals surface area contributed by atoms with E-state index < -0.39 is 0 Å². The Morgan fingerprint density at radius 1 is 1.00 bits per heavy atom. The molecule has 2 fully saturated rings. The van der Waals surface area contributed by atoms with Gasteiger partial charge in [-0.3, -0.25) is 4.79 Å². The van der Waals surface area contributed by atoms with Gasteiger partial charge in [0.25, 0.3) is 0 Å². The van der Waals surface area contributed by atoms with Crippen molar-refractivity contribution in [2.45, 2.75) is 51.2 Å². The van der Waals surface area contributed by atoms with Gasteiger partial charge in [0.2, 0.25) is 11.8 Å². The van der Waals surface area contributed by atoms with E-state index in [4.69, 9.17) is 4.74 Å². The van der Waals surface area contributed by atoms with Crippen LogP contribution in [0.4, 0.5) is 10.5 Å². The molecule has 7 nitrogen and oxygen atoms in total. The number of likely N-dealkylation sites (tertiary alicyclic amines) is 1. The number of ether oxygens (including phenoxy) is 1. The smallest absolute Gasteiger partial charge is 0.317 e. The molecule has 2 aromatic rings. The van der Waals surface area contributed by atoms with Crippen LogP contribution in [-0.2, 0) is 11.3 Å². The van der Waals surface area contributed by atoms with Gasteiger partial charge < -0.3 is 20.3 Å². The van der Waals surface area contributed by atoms with Crippen molar-refractivity contribution < 1.29 is 14.3 Å². The first-order valence-corrected chi connectivity index (χ1v) is 11.2. The highest BCUT2D eigenvalue weighted by Crippen LogP contribution is 2.23. The lowest BCUT2D eigenvalue weighted by molar-refractivity contribution is -0.121. The summed E-state index contributed by atoms with van der Waals surface area (Å²) in [4.78, 5) is 31.1. The number of aromatic nitrogens is 1. The van der Waals surface area contributed by atoms with Gasteiger partial charge in [0, 0.05) is 43.5 Å². The summed E-state index contributed by atoms with van der Waals surface area (Å²) >= 11 is 0. The summed E-state index contributed by atoms with van der Waals surface area (Å²) in [6.45, 7) is 1.57. The number of rotatable bonds is 6. The van der Waals surface area contributed by atoms with E-state index in [2.05, 4.69) is 15.6 Å². The summed E-state index contributed by atoms with van der Waals surface area (Å²) in [5.74, 6) is 0.607. The third-order valence-corrected chi connectivity index (χ3v) is 6.03. The summed E-state index contributed by atoms with van der Waals surface area (Å²) < 4.78 is 5.88. The van der Waals surface area contributed by atoms with E-state index in [1.807, 2.05) is 42.5 Å². The standard InChI is InChI=1S/C24H30N4O3/c29-23(27-20-6-2-1-3-7-20)19-12-14-28(15-13-19)24(30)26-17-18-10-11-22(25-16-18)31-21-8-4-5-9-21/h1-3,6-7,10-11,16,19,21H,4-5,8-9,12-15,17H2,(H,26,30)(H,27,29). The number of hydrogen-bond acceptors (Lipinski definition) is 4. The van der Waals surface area contributed by atoms with E-state index in [9.17, 15) is 9.59 Å². The quantitative estimate of drug-likeness (QED) is 0.738. The number of nitrogens with zero attached hydrogens (tertiary/aromatic N) is 2. The van der Waals surface area contributed by atoms with Gasteiger partial charge in [0.1, 0.15) is 6.10 Å². The third-order valence-electron chi connectivity index (χ3n) is 6.03. The van der Waals surface area contributed by atoms with Gasteiger partial charge in [0.05, 0.1) is 0 Å². The van der Waals surface area contributed by atoms with Gasteiger partial charge >= 0.3 is 6.03 Å². The van der Waals surface area contributed by atoms with Crippen LogP contribution in [0.3, 0.4) is 0 Å². The topological polar surface area (TPSA) is 83.6 Å². The van der Waals surface area contributed by atoms with Crippen molar-refractivity contribution >= 4 is 17.6 Å². The fraction of sp³-hybridized carbons (Fsp3) is 0.458. The monoisotopic (exact) mass is 422 g/mol. The van der Waals surface area contributed by atoms with E-state index in [1.165, 1.54) is 12.8 Å². The van der Waals surface area contributed by atoms with Crippen LogP contribution in [0.2, 0.25) is 0 Å². The van der Waals surface area contributed by atoms with Crippen molar-refractivity contribution in [1.82, 2.24) is 15.2 Å². The molecule has 2 heterocycles. The zero-order valence-electron chi connectivity index (χ0n) is 17.8. The molecule has 1 aliphatic carbocycles. The minimum atomic E-state index is -0.104. The van der Waals surface area contributed by atoms with Crippen molar-refractivity contribution in [3.63, 3.8) is 0 Å². The van der Waals surface area contributed by atoms with E-state index in [1.54, 1.807) is 11.1 Å². The molecule has 31 heavy (non-hydrogen) atoms. The van der Waals surface area contributed by atoms with Gasteiger partial charge in [0.15, 0.2) is 0 Å². The van der Waals surface area contributed by atoms with Crippen LogP contribution in [0, 0.1) is 5.92 Å². The molecule has 3 amide bonds. The van der Waals surface area contributed by atoms with Crippen LogP contribution in [-0.4, -0.2) is 41.0 Å². The number of carbonyl (C=O) groups excluding carboxylic acids is 2. The zero-order chi connectivity index (χ0) is 21.5. The Bertz CT molecular complexity index is 858. The number of carbonyl (C=O) groups is 2. The second-order valence-electron chi connectivity index (χ2n) is 8.30. The van der Waals surface area contributed by atoms with Crippen LogP contribution >= 0.6 is 0 Å². The summed E-state index contributed by atoms with van der Waals surface area (Å²) in [5, 5.41) is 5.90. The van der Waals surface area contributed by atoms with Crippen molar-refractivity contribution in [2.24, 2.45) is 5.92 Å². The number of benzene rings is 1. The number of anilines is 1. The molecule has 0 atom stereocenters. The minimum absolute atomic E-state index is 0.0252. The van der Waals surface area contributed by atoms with Crippen molar-refractivity contribution in [3.05, 3.63) is 54.2 Å². The molecular weight excluding hydrogens is 392 g/mol. The first-order chi connectivity index (χ1) is 15.2. The van der Waals surface area contributed by atoms with Gasteiger partial charge in [-0.25, -0.2) is 9.78 Å². The Morgan fingerprint density at radius 3 is 2.42 bits per heavy atom. The number of amides is 3. The van der Waals surface area contributed by atoms with Crippen molar-refractivity contribution in [2.75, 3.05) is 18.4 Å². The molecule has 2 N–H and O–H groups in total. The Hall–Kier alpha value is -3.09. The molecule has 0 spiro atoms. The van der Waals surface area contributed by atoms with Gasteiger partial charge in [-0.05, 0) is 56.2 Å². The van der Waals surface area contributed by atoms with E-state index in [0.717, 1.165) is 24.1 Å². The van der Waals surface area contributed by atoms with Gasteiger partial charge in [-0.2, -0.15) is 0 Å². The second-order valence-corrected chi connectivity index (χ2v) is 8.30. The Kier molecular flexibility index (Phi) is 7.02. The van der Waals surface area contributed by atoms with Crippen LogP contribution in [0.25, 0.3) is 0 Å². The number of nitrogens with one attached hydrogen (secondary N) is 2. The molecule has 1 saturated heterocycles. The molecule has 4 rings (SSSR count). The molecule has 1 aromatic carbocycles. The Morgan fingerprint density at radius 2 is 1.74 bits per heavy atom. The molecule has 7 heteroatoms. The summed E-state index contributed by atoms with van der Waals surface area (Å²) in [5.41, 5.74) is 1.74. The Balaban J connectivity index is 1.18. The average Bonchev–Trinajstić information content (AvgIpc) is 3.32. The van der Waals surface area contributed by atoms with E-state index in [0.29, 0.717) is 38.4 Å². The zero-order valence-corrected chi connectivity index (χ0v) is 17.8. The van der Waals surface area contributed by atoms with Crippen molar-refractivity contribution in [3.8, 4) is 5.88 Å². The van der Waals surface area contributed by atoms with Gasteiger partial charge in [-0.15, -0.1) is 0 Å². The predicted octanol–water partition coefficient (Wildman–Crippen LogP) is 3.96. The molecule has 1 saturated carbocycles. The summed E-state index contributed by atoms with van der Waals surface area (Å²) in [6.07, 6.45) is 8.03. The maximum Gasteiger partial charge on any atom is 0.317 e. The number of pyridine rings is 1. The van der Waals surface area contributed by atoms with Crippen LogP contribution in [0.1, 0.15) is 44.1 Å². The number of para-hydroxylation sites is 1. The van der Waals surface area contributed by atoms with Crippen LogP contribution in [0.5, 0.6) is 5.88 Å². The lowest BCUT2D eigenvalue weighted by atomic mass is 9.96. The van der Waals surface area contributed by atoms with Gasteiger partial charge in [-0.1, -0.05) is 24.3 Å². The highest BCUT2D eigenvalue weighted by Gasteiger charge is 2.27. The normalized spacial score (nSPS) is 17.4. The maximum absolute atomic E-state index is 12.5. The number of hydrogen-bond donors (Lipinski definition) is 2. The molecule has 1 aromatic heterocycles. The van der Waals surface area contributed by atoms with Crippen LogP contribution in [0.15, 0.2) is 48.7 Å². The van der Waals surface area contributed by atoms with E-state index in [-0.39, 0.29) is 24.0 Å². The number of piperidine rings is 1. The fourth-order valence-corrected chi connectivity index (χ4v) is 4.16. The highest BCUT2D eigenvalue weighted by atomic mass is 16.5. The molecule has 2 aliphatic rings. The molecule has 164 valence electrons. The molecule has 0 unspecified atom stereocenters. The highest BCUT2D eigenvalue weighted by molar-refractivity contribution is 5.92. The molecule has 1 aliphatic heterocycles. The number of urea groups is 1. The lowest BCUT2D eigenvalue weighted by Gasteiger charge is -2.31.